The number of hydrogen-bond acceptors (Lipinski definition) is 3. The van der Waals surface area contributed by atoms with Gasteiger partial charge in [0.1, 0.15) is 11.8 Å². The van der Waals surface area contributed by atoms with E-state index in [4.69, 9.17) is 4.74 Å². The van der Waals surface area contributed by atoms with Crippen LogP contribution in [0.25, 0.3) is 0 Å². The van der Waals surface area contributed by atoms with Crippen molar-refractivity contribution in [3.8, 4) is 5.75 Å². The molecule has 1 N–H and O–H groups in total. The lowest BCUT2D eigenvalue weighted by atomic mass is 10.1. The first kappa shape index (κ1) is 14.4. The molecular weight excluding hydrogens is 276 g/mol. The Kier molecular flexibility index (Phi) is 4.00. The molecule has 22 heavy (non-hydrogen) atoms. The van der Waals surface area contributed by atoms with Gasteiger partial charge in [0.25, 0.3) is 0 Å². The van der Waals surface area contributed by atoms with Crippen LogP contribution in [0.4, 0.5) is 11.4 Å². The van der Waals surface area contributed by atoms with E-state index < -0.39 is 0 Å². The predicted octanol–water partition coefficient (Wildman–Crippen LogP) is 3.08. The van der Waals surface area contributed by atoms with Gasteiger partial charge in [0, 0.05) is 24.0 Å². The number of nitrogens with zero attached hydrogens (tertiary/aromatic N) is 1. The molecule has 0 aromatic heterocycles. The molecule has 2 aromatic carbocycles. The Labute approximate surface area is 130 Å². The lowest BCUT2D eigenvalue weighted by Gasteiger charge is -2.26. The third-order valence-corrected chi connectivity index (χ3v) is 4.11. The van der Waals surface area contributed by atoms with Crippen molar-refractivity contribution in [3.63, 3.8) is 0 Å². The topological polar surface area (TPSA) is 41.6 Å². The Morgan fingerprint density at radius 2 is 2.05 bits per heavy atom. The lowest BCUT2D eigenvalue weighted by molar-refractivity contribution is -0.117. The molecule has 1 aliphatic rings. The van der Waals surface area contributed by atoms with Gasteiger partial charge < -0.3 is 15.0 Å². The summed E-state index contributed by atoms with van der Waals surface area (Å²) in [6, 6.07) is 15.5. The van der Waals surface area contributed by atoms with Crippen molar-refractivity contribution in [2.75, 3.05) is 23.9 Å². The zero-order valence-corrected chi connectivity index (χ0v) is 12.9. The molecule has 1 amide bonds. The van der Waals surface area contributed by atoms with E-state index in [9.17, 15) is 4.79 Å². The molecule has 1 heterocycles. The van der Waals surface area contributed by atoms with Crippen molar-refractivity contribution >= 4 is 17.3 Å². The number of nitrogens with one attached hydrogen (secondary N) is 1. The summed E-state index contributed by atoms with van der Waals surface area (Å²) >= 11 is 0. The molecule has 0 spiro atoms. The minimum atomic E-state index is -0.213. The van der Waals surface area contributed by atoms with Gasteiger partial charge in [-0.15, -0.1) is 0 Å². The Morgan fingerprint density at radius 1 is 1.23 bits per heavy atom. The molecule has 1 atom stereocenters. The predicted molar refractivity (Wildman–Crippen MR) is 88.6 cm³/mol. The standard InChI is InChI=1S/C18H20N2O2/c1-13(20-11-10-14-6-3-4-9-17(14)20)18(21)19-15-7-5-8-16(12-15)22-2/h3-9,12-13H,10-11H2,1-2H3,(H,19,21). The first-order valence-electron chi connectivity index (χ1n) is 7.48. The summed E-state index contributed by atoms with van der Waals surface area (Å²) in [6.45, 7) is 2.82. The number of ether oxygens (including phenoxy) is 1. The molecule has 0 fully saturated rings. The lowest BCUT2D eigenvalue weighted by Crippen LogP contribution is -2.41. The van der Waals surface area contributed by atoms with Crippen LogP contribution in [0, 0.1) is 0 Å². The third kappa shape index (κ3) is 2.77. The minimum Gasteiger partial charge on any atom is -0.497 e. The van der Waals surface area contributed by atoms with Crippen LogP contribution in [0.5, 0.6) is 5.75 Å². The number of carbonyl (C=O) groups is 1. The van der Waals surface area contributed by atoms with Gasteiger partial charge in [-0.2, -0.15) is 0 Å². The van der Waals surface area contributed by atoms with Crippen LogP contribution < -0.4 is 15.0 Å². The molecule has 0 radical (unpaired) electrons. The zero-order chi connectivity index (χ0) is 15.5. The molecule has 0 saturated heterocycles. The van der Waals surface area contributed by atoms with E-state index in [0.29, 0.717) is 0 Å². The highest BCUT2D eigenvalue weighted by Crippen LogP contribution is 2.29. The molecule has 4 heteroatoms. The second-order valence-electron chi connectivity index (χ2n) is 5.47. The van der Waals surface area contributed by atoms with Crippen LogP contribution in [0.2, 0.25) is 0 Å². The van der Waals surface area contributed by atoms with Gasteiger partial charge in [-0.05, 0) is 37.1 Å². The maximum atomic E-state index is 12.5. The number of para-hydroxylation sites is 1. The van der Waals surface area contributed by atoms with Crippen molar-refractivity contribution in [2.24, 2.45) is 0 Å². The Morgan fingerprint density at radius 3 is 2.86 bits per heavy atom. The SMILES string of the molecule is COc1cccc(NC(=O)C(C)N2CCc3ccccc32)c1. The van der Waals surface area contributed by atoms with E-state index in [2.05, 4.69) is 22.3 Å². The zero-order valence-electron chi connectivity index (χ0n) is 12.9. The number of carbonyl (C=O) groups excluding carboxylic acids is 1. The maximum Gasteiger partial charge on any atom is 0.246 e. The largest absolute Gasteiger partial charge is 0.497 e. The normalized spacial score (nSPS) is 14.4. The van der Waals surface area contributed by atoms with Crippen LogP contribution in [0.15, 0.2) is 48.5 Å². The van der Waals surface area contributed by atoms with Crippen molar-refractivity contribution in [2.45, 2.75) is 19.4 Å². The second kappa shape index (κ2) is 6.10. The van der Waals surface area contributed by atoms with Gasteiger partial charge in [0.05, 0.1) is 7.11 Å². The number of benzene rings is 2. The third-order valence-electron chi connectivity index (χ3n) is 4.11. The molecule has 2 aromatic rings. The monoisotopic (exact) mass is 296 g/mol. The molecule has 4 nitrogen and oxygen atoms in total. The minimum absolute atomic E-state index is 0.00930. The Balaban J connectivity index is 1.73. The quantitative estimate of drug-likeness (QED) is 0.942. The van der Waals surface area contributed by atoms with Gasteiger partial charge in [-0.3, -0.25) is 4.79 Å². The van der Waals surface area contributed by atoms with Crippen molar-refractivity contribution in [1.29, 1.82) is 0 Å². The number of amides is 1. The highest BCUT2D eigenvalue weighted by molar-refractivity contribution is 5.97. The van der Waals surface area contributed by atoms with Crippen LogP contribution >= 0.6 is 0 Å². The van der Waals surface area contributed by atoms with E-state index in [-0.39, 0.29) is 11.9 Å². The van der Waals surface area contributed by atoms with E-state index in [0.717, 1.165) is 30.1 Å². The molecule has 3 rings (SSSR count). The van der Waals surface area contributed by atoms with Gasteiger partial charge in [-0.1, -0.05) is 24.3 Å². The van der Waals surface area contributed by atoms with Crippen molar-refractivity contribution < 1.29 is 9.53 Å². The van der Waals surface area contributed by atoms with Crippen molar-refractivity contribution in [1.82, 2.24) is 0 Å². The average molecular weight is 296 g/mol. The molecular formula is C18H20N2O2. The Hall–Kier alpha value is -2.49. The van der Waals surface area contributed by atoms with Gasteiger partial charge in [0.15, 0.2) is 0 Å². The molecule has 114 valence electrons. The van der Waals surface area contributed by atoms with Crippen LogP contribution in [-0.4, -0.2) is 25.6 Å². The number of anilines is 2. The number of rotatable bonds is 4. The first-order chi connectivity index (χ1) is 10.7. The van der Waals surface area contributed by atoms with Gasteiger partial charge in [-0.25, -0.2) is 0 Å². The van der Waals surface area contributed by atoms with Gasteiger partial charge >= 0.3 is 0 Å². The molecule has 1 unspecified atom stereocenters. The molecule has 0 aliphatic carbocycles. The average Bonchev–Trinajstić information content (AvgIpc) is 2.98. The van der Waals surface area contributed by atoms with E-state index in [1.54, 1.807) is 7.11 Å². The van der Waals surface area contributed by atoms with Gasteiger partial charge in [0.2, 0.25) is 5.91 Å². The molecule has 1 aliphatic heterocycles. The first-order valence-corrected chi connectivity index (χ1v) is 7.48. The number of methoxy groups -OCH3 is 1. The van der Waals surface area contributed by atoms with Crippen LogP contribution in [-0.2, 0) is 11.2 Å². The fourth-order valence-corrected chi connectivity index (χ4v) is 2.86. The summed E-state index contributed by atoms with van der Waals surface area (Å²) < 4.78 is 5.18. The number of fused-ring (bicyclic) bond motifs is 1. The summed E-state index contributed by atoms with van der Waals surface area (Å²) in [7, 11) is 1.62. The second-order valence-corrected chi connectivity index (χ2v) is 5.47. The maximum absolute atomic E-state index is 12.5. The fraction of sp³-hybridized carbons (Fsp3) is 0.278. The smallest absolute Gasteiger partial charge is 0.246 e. The van der Waals surface area contributed by atoms with E-state index in [1.165, 1.54) is 5.56 Å². The molecule has 0 bridgehead atoms. The van der Waals surface area contributed by atoms with E-state index in [1.807, 2.05) is 43.3 Å². The Bertz CT molecular complexity index is 684. The van der Waals surface area contributed by atoms with Crippen LogP contribution in [0.3, 0.4) is 0 Å². The van der Waals surface area contributed by atoms with Crippen molar-refractivity contribution in [3.05, 3.63) is 54.1 Å². The van der Waals surface area contributed by atoms with Crippen LogP contribution in [0.1, 0.15) is 12.5 Å². The summed E-state index contributed by atoms with van der Waals surface area (Å²) in [5.74, 6) is 0.724. The van der Waals surface area contributed by atoms with E-state index >= 15 is 0 Å². The summed E-state index contributed by atoms with van der Waals surface area (Å²) in [5.41, 5.74) is 3.23. The molecule has 0 saturated carbocycles. The fourth-order valence-electron chi connectivity index (χ4n) is 2.86. The highest BCUT2D eigenvalue weighted by Gasteiger charge is 2.27. The highest BCUT2D eigenvalue weighted by atomic mass is 16.5. The number of hydrogen-bond donors (Lipinski definition) is 1. The summed E-state index contributed by atoms with van der Waals surface area (Å²) in [5, 5.41) is 2.96. The summed E-state index contributed by atoms with van der Waals surface area (Å²) in [6.07, 6.45) is 0.993. The summed E-state index contributed by atoms with van der Waals surface area (Å²) in [4.78, 5) is 14.7.